The third-order valence-corrected chi connectivity index (χ3v) is 3.65. The molecular weight excluding hydrogens is 354 g/mol. The number of carbonyl (C=O) groups is 2. The normalized spacial score (nSPS) is 10.0. The van der Waals surface area contributed by atoms with Gasteiger partial charge in [-0.25, -0.2) is 4.79 Å². The second-order valence-corrected chi connectivity index (χ2v) is 5.27. The van der Waals surface area contributed by atoms with Crippen molar-refractivity contribution in [2.45, 2.75) is 19.8 Å². The van der Waals surface area contributed by atoms with Gasteiger partial charge >= 0.3 is 5.97 Å². The van der Waals surface area contributed by atoms with E-state index in [1.807, 2.05) is 6.92 Å². The molecule has 0 aliphatic carbocycles. The van der Waals surface area contributed by atoms with Crippen LogP contribution in [0.4, 0.5) is 0 Å². The number of nitrogens with one attached hydrogen (secondary N) is 1. The van der Waals surface area contributed by atoms with E-state index in [2.05, 4.69) is 21.2 Å². The molecular formula is C15H20BrNO5. The number of hydrogen-bond donors (Lipinski definition) is 1. The Morgan fingerprint density at radius 3 is 2.27 bits per heavy atom. The standard InChI is InChI=1S/C15H20BrNO5/c1-4-5-6-17-13(18)9-22-15(19)10-7-11(20-2)14(16)12(8-10)21-3/h7-8H,4-6,9H2,1-3H3,(H,17,18). The molecule has 0 atom stereocenters. The van der Waals surface area contributed by atoms with Crippen LogP contribution in [0.5, 0.6) is 11.5 Å². The molecule has 1 aromatic rings. The van der Waals surface area contributed by atoms with Crippen molar-refractivity contribution in [2.24, 2.45) is 0 Å². The van der Waals surface area contributed by atoms with E-state index in [1.165, 1.54) is 26.4 Å². The number of carbonyl (C=O) groups excluding carboxylic acids is 2. The Balaban J connectivity index is 2.67. The molecule has 0 bridgehead atoms. The molecule has 1 aromatic carbocycles. The Labute approximate surface area is 138 Å². The third kappa shape index (κ3) is 5.22. The fraction of sp³-hybridized carbons (Fsp3) is 0.467. The van der Waals surface area contributed by atoms with Gasteiger partial charge in [-0.2, -0.15) is 0 Å². The average Bonchev–Trinajstić information content (AvgIpc) is 2.53. The molecule has 1 rings (SSSR count). The van der Waals surface area contributed by atoms with E-state index in [0.29, 0.717) is 22.5 Å². The second kappa shape index (κ2) is 9.30. The van der Waals surface area contributed by atoms with Gasteiger partial charge in [0.2, 0.25) is 0 Å². The number of ether oxygens (including phenoxy) is 3. The van der Waals surface area contributed by atoms with E-state index < -0.39 is 5.97 Å². The van der Waals surface area contributed by atoms with Gasteiger partial charge in [-0.3, -0.25) is 4.79 Å². The first-order valence-electron chi connectivity index (χ1n) is 6.88. The van der Waals surface area contributed by atoms with Crippen molar-refractivity contribution in [2.75, 3.05) is 27.4 Å². The Hall–Kier alpha value is -1.76. The number of amides is 1. The zero-order valence-electron chi connectivity index (χ0n) is 12.9. The van der Waals surface area contributed by atoms with Gasteiger partial charge in [-0.15, -0.1) is 0 Å². The zero-order chi connectivity index (χ0) is 16.5. The fourth-order valence-electron chi connectivity index (χ4n) is 1.66. The molecule has 0 radical (unpaired) electrons. The summed E-state index contributed by atoms with van der Waals surface area (Å²) in [5, 5.41) is 2.67. The average molecular weight is 374 g/mol. The highest BCUT2D eigenvalue weighted by molar-refractivity contribution is 9.10. The van der Waals surface area contributed by atoms with Crippen LogP contribution in [-0.2, 0) is 9.53 Å². The zero-order valence-corrected chi connectivity index (χ0v) is 14.5. The smallest absolute Gasteiger partial charge is 0.338 e. The van der Waals surface area contributed by atoms with Gasteiger partial charge in [-0.05, 0) is 34.5 Å². The Morgan fingerprint density at radius 1 is 1.18 bits per heavy atom. The van der Waals surface area contributed by atoms with Crippen molar-refractivity contribution in [1.29, 1.82) is 0 Å². The van der Waals surface area contributed by atoms with Crippen molar-refractivity contribution in [3.8, 4) is 11.5 Å². The quantitative estimate of drug-likeness (QED) is 0.559. The largest absolute Gasteiger partial charge is 0.495 e. The number of rotatable bonds is 8. The van der Waals surface area contributed by atoms with Crippen LogP contribution < -0.4 is 14.8 Å². The van der Waals surface area contributed by atoms with Crippen molar-refractivity contribution < 1.29 is 23.8 Å². The summed E-state index contributed by atoms with van der Waals surface area (Å²) in [6.07, 6.45) is 1.87. The number of unbranched alkanes of at least 4 members (excludes halogenated alkanes) is 1. The highest BCUT2D eigenvalue weighted by Crippen LogP contribution is 2.35. The lowest BCUT2D eigenvalue weighted by Crippen LogP contribution is -2.29. The Kier molecular flexibility index (Phi) is 7.73. The molecule has 122 valence electrons. The molecule has 0 unspecified atom stereocenters. The monoisotopic (exact) mass is 373 g/mol. The minimum absolute atomic E-state index is 0.248. The lowest BCUT2D eigenvalue weighted by Gasteiger charge is -2.11. The van der Waals surface area contributed by atoms with Crippen LogP contribution in [-0.4, -0.2) is 39.2 Å². The fourth-order valence-corrected chi connectivity index (χ4v) is 2.21. The molecule has 0 saturated heterocycles. The maximum Gasteiger partial charge on any atom is 0.338 e. The van der Waals surface area contributed by atoms with Crippen molar-refractivity contribution in [1.82, 2.24) is 5.32 Å². The van der Waals surface area contributed by atoms with E-state index in [4.69, 9.17) is 14.2 Å². The van der Waals surface area contributed by atoms with Gasteiger partial charge in [0.05, 0.1) is 19.8 Å². The summed E-state index contributed by atoms with van der Waals surface area (Å²) in [7, 11) is 2.96. The predicted octanol–water partition coefficient (Wildman–Crippen LogP) is 2.54. The van der Waals surface area contributed by atoms with Crippen LogP contribution >= 0.6 is 15.9 Å². The number of benzene rings is 1. The summed E-state index contributed by atoms with van der Waals surface area (Å²) < 4.78 is 15.9. The Morgan fingerprint density at radius 2 is 1.77 bits per heavy atom. The maximum absolute atomic E-state index is 12.0. The highest BCUT2D eigenvalue weighted by atomic mass is 79.9. The molecule has 0 aromatic heterocycles. The van der Waals surface area contributed by atoms with Gasteiger partial charge in [-0.1, -0.05) is 13.3 Å². The van der Waals surface area contributed by atoms with Gasteiger partial charge in [0.1, 0.15) is 16.0 Å². The van der Waals surface area contributed by atoms with Gasteiger partial charge in [0, 0.05) is 6.54 Å². The third-order valence-electron chi connectivity index (χ3n) is 2.87. The molecule has 0 heterocycles. The summed E-state index contributed by atoms with van der Waals surface area (Å²) in [6, 6.07) is 3.04. The highest BCUT2D eigenvalue weighted by Gasteiger charge is 2.16. The lowest BCUT2D eigenvalue weighted by molar-refractivity contribution is -0.124. The van der Waals surface area contributed by atoms with E-state index >= 15 is 0 Å². The minimum atomic E-state index is -0.616. The van der Waals surface area contributed by atoms with Crippen LogP contribution in [0.2, 0.25) is 0 Å². The molecule has 22 heavy (non-hydrogen) atoms. The van der Waals surface area contributed by atoms with Crippen LogP contribution in [0.15, 0.2) is 16.6 Å². The number of methoxy groups -OCH3 is 2. The first-order chi connectivity index (χ1) is 10.5. The summed E-state index contributed by atoms with van der Waals surface area (Å²) in [5.74, 6) is -0.0509. The molecule has 0 aliphatic rings. The number of esters is 1. The molecule has 1 N–H and O–H groups in total. The van der Waals surface area contributed by atoms with Crippen LogP contribution in [0, 0.1) is 0 Å². The van der Waals surface area contributed by atoms with E-state index in [1.54, 1.807) is 0 Å². The van der Waals surface area contributed by atoms with Crippen LogP contribution in [0.1, 0.15) is 30.1 Å². The number of halogens is 1. The van der Waals surface area contributed by atoms with Crippen LogP contribution in [0.3, 0.4) is 0 Å². The SMILES string of the molecule is CCCCNC(=O)COC(=O)c1cc(OC)c(Br)c(OC)c1. The molecule has 6 nitrogen and oxygen atoms in total. The molecule has 0 spiro atoms. The van der Waals surface area contributed by atoms with Gasteiger partial charge < -0.3 is 19.5 Å². The maximum atomic E-state index is 12.0. The van der Waals surface area contributed by atoms with Gasteiger partial charge in [0.15, 0.2) is 6.61 Å². The second-order valence-electron chi connectivity index (χ2n) is 4.47. The molecule has 0 saturated carbocycles. The first-order valence-corrected chi connectivity index (χ1v) is 7.68. The van der Waals surface area contributed by atoms with Crippen LogP contribution in [0.25, 0.3) is 0 Å². The molecule has 7 heteroatoms. The first kappa shape index (κ1) is 18.3. The van der Waals surface area contributed by atoms with E-state index in [9.17, 15) is 9.59 Å². The topological polar surface area (TPSA) is 73.9 Å². The summed E-state index contributed by atoms with van der Waals surface area (Å²) in [5.41, 5.74) is 0.248. The van der Waals surface area contributed by atoms with Crippen molar-refractivity contribution in [3.05, 3.63) is 22.2 Å². The molecule has 1 amide bonds. The summed E-state index contributed by atoms with van der Waals surface area (Å²) in [4.78, 5) is 23.5. The van der Waals surface area contributed by atoms with Gasteiger partial charge in [0.25, 0.3) is 5.91 Å². The summed E-state index contributed by atoms with van der Waals surface area (Å²) >= 11 is 3.32. The molecule has 0 fully saturated rings. The minimum Gasteiger partial charge on any atom is -0.495 e. The lowest BCUT2D eigenvalue weighted by atomic mass is 10.2. The molecule has 0 aliphatic heterocycles. The van der Waals surface area contributed by atoms with Crippen molar-refractivity contribution >= 4 is 27.8 Å². The van der Waals surface area contributed by atoms with Crippen molar-refractivity contribution in [3.63, 3.8) is 0 Å². The van der Waals surface area contributed by atoms with E-state index in [-0.39, 0.29) is 18.1 Å². The van der Waals surface area contributed by atoms with E-state index in [0.717, 1.165) is 12.8 Å². The summed E-state index contributed by atoms with van der Waals surface area (Å²) in [6.45, 7) is 2.29. The predicted molar refractivity (Wildman–Crippen MR) is 85.4 cm³/mol. The Bertz CT molecular complexity index is 508. The number of hydrogen-bond acceptors (Lipinski definition) is 5.